The van der Waals surface area contributed by atoms with E-state index in [1.165, 1.54) is 16.7 Å². The van der Waals surface area contributed by atoms with E-state index < -0.39 is 17.9 Å². The van der Waals surface area contributed by atoms with Gasteiger partial charge in [0.25, 0.3) is 5.91 Å². The molecule has 2 aliphatic heterocycles. The lowest BCUT2D eigenvalue weighted by atomic mass is 10.1. The molecule has 3 rings (SSSR count). The number of carbonyl (C=O) groups excluding carboxylic acids is 3. The summed E-state index contributed by atoms with van der Waals surface area (Å²) in [5.74, 6) is -1.67. The highest BCUT2D eigenvalue weighted by Crippen LogP contribution is 2.16. The van der Waals surface area contributed by atoms with Crippen molar-refractivity contribution in [2.45, 2.75) is 25.8 Å². The smallest absolute Gasteiger partial charge is 0.326 e. The van der Waals surface area contributed by atoms with Gasteiger partial charge >= 0.3 is 5.97 Å². The van der Waals surface area contributed by atoms with Crippen LogP contribution in [0.3, 0.4) is 0 Å². The van der Waals surface area contributed by atoms with Crippen LogP contribution in [0.4, 0.5) is 0 Å². The number of carboxylic acids is 1. The molecule has 1 unspecified atom stereocenters. The van der Waals surface area contributed by atoms with Crippen molar-refractivity contribution in [1.82, 2.24) is 20.4 Å². The lowest BCUT2D eigenvalue weighted by Gasteiger charge is -2.25. The van der Waals surface area contributed by atoms with Crippen LogP contribution in [0.1, 0.15) is 35.7 Å². The van der Waals surface area contributed by atoms with Gasteiger partial charge in [0.2, 0.25) is 11.8 Å². The zero-order valence-electron chi connectivity index (χ0n) is 20.0. The molecule has 0 bridgehead atoms. The molecule has 187 valence electrons. The Morgan fingerprint density at radius 2 is 1.92 bits per heavy atom. The van der Waals surface area contributed by atoms with E-state index in [0.29, 0.717) is 23.4 Å². The molecule has 1 atom stereocenters. The highest BCUT2D eigenvalue weighted by molar-refractivity contribution is 6.00. The summed E-state index contributed by atoms with van der Waals surface area (Å²) in [5, 5.41) is 15.2. The fourth-order valence-corrected chi connectivity index (χ4v) is 3.75. The highest BCUT2D eigenvalue weighted by Gasteiger charge is 2.26. The molecular weight excluding hydrogens is 460 g/mol. The van der Waals surface area contributed by atoms with E-state index in [1.807, 2.05) is 6.08 Å². The van der Waals surface area contributed by atoms with E-state index in [4.69, 9.17) is 0 Å². The van der Waals surface area contributed by atoms with Crippen LogP contribution in [0.15, 0.2) is 84.5 Å². The van der Waals surface area contributed by atoms with E-state index in [0.717, 1.165) is 0 Å². The fraction of sp³-hybridized carbons (Fsp3) is 0.222. The molecule has 1 radical (unpaired) electrons. The SMILES string of the molecule is [CH2]c1ccccc1C(=O)N1C=CC=C(C(=O)NC(CCCN(C(C)=O)C2=CC=CC=CN2)C(=O)O)C1. The van der Waals surface area contributed by atoms with E-state index in [2.05, 4.69) is 17.6 Å². The second-order valence-electron chi connectivity index (χ2n) is 8.24. The number of nitrogens with one attached hydrogen (secondary N) is 2. The first-order valence-electron chi connectivity index (χ1n) is 11.5. The monoisotopic (exact) mass is 489 g/mol. The molecule has 9 heteroatoms. The third-order valence-electron chi connectivity index (χ3n) is 5.66. The second-order valence-corrected chi connectivity index (χ2v) is 8.24. The Balaban J connectivity index is 1.59. The van der Waals surface area contributed by atoms with Crippen LogP contribution >= 0.6 is 0 Å². The molecule has 3 N–H and O–H groups in total. The van der Waals surface area contributed by atoms with Crippen molar-refractivity contribution in [3.8, 4) is 0 Å². The average molecular weight is 490 g/mol. The standard InChI is InChI=1S/C27H29N4O5/c1-19-10-5-6-12-22(19)26(34)30-16-8-11-21(18-30)25(33)29-23(27(35)36)13-9-17-31(20(2)32)24-14-4-3-7-15-28-24/h3-8,10-12,14-16,23,28H,1,9,13,17-18H2,2H3,(H,29,33)(H,35,36). The molecule has 0 fully saturated rings. The minimum atomic E-state index is -1.18. The number of aliphatic carboxylic acids is 1. The fourth-order valence-electron chi connectivity index (χ4n) is 3.75. The lowest BCUT2D eigenvalue weighted by molar-refractivity contribution is -0.141. The molecular formula is C27H29N4O5. The molecule has 9 nitrogen and oxygen atoms in total. The van der Waals surface area contributed by atoms with Crippen molar-refractivity contribution in [1.29, 1.82) is 0 Å². The van der Waals surface area contributed by atoms with Gasteiger partial charge in [0.15, 0.2) is 0 Å². The molecule has 36 heavy (non-hydrogen) atoms. The minimum Gasteiger partial charge on any atom is -0.480 e. The van der Waals surface area contributed by atoms with Crippen LogP contribution in [0.25, 0.3) is 0 Å². The Kier molecular flexibility index (Phi) is 8.99. The number of carbonyl (C=O) groups is 4. The van der Waals surface area contributed by atoms with Gasteiger partial charge in [0.1, 0.15) is 11.9 Å². The summed E-state index contributed by atoms with van der Waals surface area (Å²) in [6.45, 7) is 5.57. The van der Waals surface area contributed by atoms with Crippen LogP contribution in [0.2, 0.25) is 0 Å². The maximum Gasteiger partial charge on any atom is 0.326 e. The van der Waals surface area contributed by atoms with Crippen molar-refractivity contribution < 1.29 is 24.3 Å². The molecule has 2 heterocycles. The summed E-state index contributed by atoms with van der Waals surface area (Å²) in [6, 6.07) is 5.75. The van der Waals surface area contributed by atoms with E-state index in [1.54, 1.807) is 67.0 Å². The topological polar surface area (TPSA) is 119 Å². The molecule has 1 aromatic carbocycles. The first kappa shape index (κ1) is 26.2. The van der Waals surface area contributed by atoms with Gasteiger partial charge in [-0.05, 0) is 49.6 Å². The van der Waals surface area contributed by atoms with E-state index in [9.17, 15) is 24.3 Å². The van der Waals surface area contributed by atoms with Crippen molar-refractivity contribution in [3.63, 3.8) is 0 Å². The normalized spacial score (nSPS) is 15.2. The molecule has 0 spiro atoms. The van der Waals surface area contributed by atoms with Crippen LogP contribution in [0, 0.1) is 6.92 Å². The number of rotatable bonds is 9. The molecule has 3 amide bonds. The Hall–Kier alpha value is -4.40. The zero-order valence-corrected chi connectivity index (χ0v) is 20.0. The number of allylic oxidation sites excluding steroid dienone is 6. The van der Waals surface area contributed by atoms with Gasteiger partial charge in [-0.1, -0.05) is 36.4 Å². The van der Waals surface area contributed by atoms with Gasteiger partial charge in [0.05, 0.1) is 6.54 Å². The quantitative estimate of drug-likeness (QED) is 0.490. The molecule has 1 aromatic rings. The number of nitrogens with zero attached hydrogens (tertiary/aromatic N) is 2. The average Bonchev–Trinajstić information content (AvgIpc) is 3.14. The van der Waals surface area contributed by atoms with Gasteiger partial charge in [-0.25, -0.2) is 4.79 Å². The summed E-state index contributed by atoms with van der Waals surface area (Å²) in [6.07, 6.45) is 14.0. The number of amides is 3. The van der Waals surface area contributed by atoms with E-state index >= 15 is 0 Å². The Morgan fingerprint density at radius 1 is 1.14 bits per heavy atom. The van der Waals surface area contributed by atoms with E-state index in [-0.39, 0.29) is 36.9 Å². The lowest BCUT2D eigenvalue weighted by Crippen LogP contribution is -2.44. The Bertz CT molecular complexity index is 1180. The molecule has 2 aliphatic rings. The van der Waals surface area contributed by atoms with Crippen molar-refractivity contribution in [2.24, 2.45) is 0 Å². The largest absolute Gasteiger partial charge is 0.480 e. The van der Waals surface area contributed by atoms with Gasteiger partial charge in [-0.2, -0.15) is 0 Å². The van der Waals surface area contributed by atoms with Crippen LogP contribution in [-0.4, -0.2) is 57.7 Å². The maximum absolute atomic E-state index is 12.9. The Labute approximate surface area is 210 Å². The summed E-state index contributed by atoms with van der Waals surface area (Å²) in [7, 11) is 0. The Morgan fingerprint density at radius 3 is 2.64 bits per heavy atom. The first-order valence-corrected chi connectivity index (χ1v) is 11.5. The van der Waals surface area contributed by atoms with Crippen LogP contribution in [0.5, 0.6) is 0 Å². The van der Waals surface area contributed by atoms with Crippen LogP contribution < -0.4 is 10.6 Å². The minimum absolute atomic E-state index is 0.000807. The van der Waals surface area contributed by atoms with Crippen molar-refractivity contribution in [3.05, 3.63) is 103 Å². The summed E-state index contributed by atoms with van der Waals surface area (Å²) >= 11 is 0. The summed E-state index contributed by atoms with van der Waals surface area (Å²) in [5.41, 5.74) is 1.26. The van der Waals surface area contributed by atoms with Crippen molar-refractivity contribution in [2.75, 3.05) is 13.1 Å². The summed E-state index contributed by atoms with van der Waals surface area (Å²) in [4.78, 5) is 52.6. The van der Waals surface area contributed by atoms with Gasteiger partial charge in [0, 0.05) is 37.0 Å². The number of hydrogen-bond donors (Lipinski definition) is 3. The van der Waals surface area contributed by atoms with Gasteiger partial charge < -0.3 is 20.6 Å². The maximum atomic E-state index is 12.9. The van der Waals surface area contributed by atoms with Gasteiger partial charge in [-0.3, -0.25) is 19.3 Å². The molecule has 0 aromatic heterocycles. The highest BCUT2D eigenvalue weighted by atomic mass is 16.4. The van der Waals surface area contributed by atoms with Crippen molar-refractivity contribution >= 4 is 23.7 Å². The second kappa shape index (κ2) is 12.3. The third-order valence-corrected chi connectivity index (χ3v) is 5.66. The number of benzene rings is 1. The first-order chi connectivity index (χ1) is 17.3. The number of carboxylic acid groups (broad SMARTS) is 1. The molecule has 0 saturated carbocycles. The third kappa shape index (κ3) is 6.82. The predicted octanol–water partition coefficient (Wildman–Crippen LogP) is 2.48. The molecule has 0 aliphatic carbocycles. The zero-order chi connectivity index (χ0) is 26.1. The predicted molar refractivity (Wildman–Crippen MR) is 135 cm³/mol. The number of hydrogen-bond acceptors (Lipinski definition) is 5. The van der Waals surface area contributed by atoms with Crippen LogP contribution in [-0.2, 0) is 14.4 Å². The van der Waals surface area contributed by atoms with Gasteiger partial charge in [-0.15, -0.1) is 0 Å². The molecule has 0 saturated heterocycles. The summed E-state index contributed by atoms with van der Waals surface area (Å²) < 4.78 is 0.